The minimum absolute atomic E-state index is 0.0111. The van der Waals surface area contributed by atoms with Crippen LogP contribution in [0.5, 0.6) is 5.75 Å². The van der Waals surface area contributed by atoms with E-state index in [1.807, 2.05) is 20.8 Å². The number of hydrogen-bond acceptors (Lipinski definition) is 5. The summed E-state index contributed by atoms with van der Waals surface area (Å²) in [5.74, 6) is -2.20. The number of pyridine rings is 1. The van der Waals surface area contributed by atoms with E-state index in [0.29, 0.717) is 35.1 Å². The molecule has 0 bridgehead atoms. The van der Waals surface area contributed by atoms with Gasteiger partial charge in [-0.15, -0.1) is 0 Å². The van der Waals surface area contributed by atoms with Gasteiger partial charge < -0.3 is 20.3 Å². The number of aromatic nitrogens is 1. The second-order valence-electron chi connectivity index (χ2n) is 7.35. The molecule has 0 saturated carbocycles. The van der Waals surface area contributed by atoms with Gasteiger partial charge in [0.1, 0.15) is 16.8 Å². The van der Waals surface area contributed by atoms with Crippen LogP contribution in [0.25, 0.3) is 11.3 Å². The Hall–Kier alpha value is -2.64. The van der Waals surface area contributed by atoms with E-state index in [0.717, 1.165) is 5.56 Å². The van der Waals surface area contributed by atoms with Crippen molar-refractivity contribution in [2.45, 2.75) is 39.2 Å². The normalized spacial score (nSPS) is 13.1. The molecule has 3 N–H and O–H groups in total. The second-order valence-corrected chi connectivity index (χ2v) is 7.72. The van der Waals surface area contributed by atoms with Gasteiger partial charge in [-0.3, -0.25) is 14.6 Å². The number of carbonyl (C=O) groups is 2. The highest BCUT2D eigenvalue weighted by atomic mass is 35.5. The smallest absolute Gasteiger partial charge is 0.320 e. The number of nitrogens with zero attached hydrogens (tertiary/aromatic N) is 1. The first-order valence-electron chi connectivity index (χ1n) is 9.81. The summed E-state index contributed by atoms with van der Waals surface area (Å²) >= 11 is 6.38. The van der Waals surface area contributed by atoms with Crippen LogP contribution in [0.1, 0.15) is 38.7 Å². The number of ether oxygens (including phenoxy) is 1. The van der Waals surface area contributed by atoms with Crippen LogP contribution in [-0.4, -0.2) is 46.3 Å². The van der Waals surface area contributed by atoms with Gasteiger partial charge in [0.05, 0.1) is 18.2 Å². The summed E-state index contributed by atoms with van der Waals surface area (Å²) in [6.07, 6.45) is 2.02. The van der Waals surface area contributed by atoms with Crippen LogP contribution in [0.4, 0.5) is 0 Å². The van der Waals surface area contributed by atoms with E-state index in [1.54, 1.807) is 36.5 Å². The van der Waals surface area contributed by atoms with Crippen LogP contribution in [-0.2, 0) is 9.59 Å². The molecular weight excluding hydrogens is 408 g/mol. The number of benzene rings is 1. The monoisotopic (exact) mass is 434 g/mol. The van der Waals surface area contributed by atoms with Gasteiger partial charge in [0, 0.05) is 24.4 Å². The number of aliphatic carboxylic acids is 2. The van der Waals surface area contributed by atoms with E-state index in [-0.39, 0.29) is 12.5 Å². The van der Waals surface area contributed by atoms with E-state index in [2.05, 4.69) is 10.3 Å². The lowest BCUT2D eigenvalue weighted by molar-refractivity contribution is -0.142. The number of halogens is 1. The molecule has 1 heterocycles. The fourth-order valence-electron chi connectivity index (χ4n) is 3.12. The largest absolute Gasteiger partial charge is 0.492 e. The van der Waals surface area contributed by atoms with Crippen molar-refractivity contribution in [1.29, 1.82) is 0 Å². The zero-order chi connectivity index (χ0) is 22.3. The SMILES string of the molecule is CCOc1ccnc(-c2ccc(C(CNC(CC(C)C)C(=O)O)C(=O)O)cc2)c1Cl. The quantitative estimate of drug-likeness (QED) is 0.489. The molecule has 2 aromatic rings. The van der Waals surface area contributed by atoms with Crippen molar-refractivity contribution in [2.24, 2.45) is 5.92 Å². The minimum Gasteiger partial charge on any atom is -0.492 e. The van der Waals surface area contributed by atoms with Crippen LogP contribution in [0.2, 0.25) is 5.02 Å². The lowest BCUT2D eigenvalue weighted by atomic mass is 9.96. The molecule has 0 amide bonds. The van der Waals surface area contributed by atoms with Crippen molar-refractivity contribution in [2.75, 3.05) is 13.2 Å². The second kappa shape index (κ2) is 10.9. The molecule has 0 radical (unpaired) electrons. The third-order valence-corrected chi connectivity index (χ3v) is 4.98. The molecule has 0 aliphatic heterocycles. The summed E-state index contributed by atoms with van der Waals surface area (Å²) in [5.41, 5.74) is 1.83. The van der Waals surface area contributed by atoms with Gasteiger partial charge in [-0.05, 0) is 24.8 Å². The highest BCUT2D eigenvalue weighted by Gasteiger charge is 2.25. The zero-order valence-electron chi connectivity index (χ0n) is 17.3. The molecular formula is C22H27ClN2O5. The summed E-state index contributed by atoms with van der Waals surface area (Å²) in [5, 5.41) is 22.3. The van der Waals surface area contributed by atoms with E-state index in [1.165, 1.54) is 0 Å². The van der Waals surface area contributed by atoms with Crippen LogP contribution in [0.3, 0.4) is 0 Å². The maximum Gasteiger partial charge on any atom is 0.320 e. The van der Waals surface area contributed by atoms with Gasteiger partial charge in [-0.25, -0.2) is 0 Å². The molecule has 2 unspecified atom stereocenters. The molecule has 7 nitrogen and oxygen atoms in total. The Labute approximate surface area is 181 Å². The van der Waals surface area contributed by atoms with Crippen LogP contribution >= 0.6 is 11.6 Å². The predicted octanol–water partition coefficient (Wildman–Crippen LogP) is 4.06. The Morgan fingerprint density at radius 3 is 2.33 bits per heavy atom. The van der Waals surface area contributed by atoms with Crippen LogP contribution in [0, 0.1) is 5.92 Å². The Morgan fingerprint density at radius 1 is 1.13 bits per heavy atom. The highest BCUT2D eigenvalue weighted by Crippen LogP contribution is 2.34. The van der Waals surface area contributed by atoms with Crippen molar-refractivity contribution in [3.63, 3.8) is 0 Å². The molecule has 30 heavy (non-hydrogen) atoms. The summed E-state index contributed by atoms with van der Waals surface area (Å²) in [6.45, 7) is 6.19. The van der Waals surface area contributed by atoms with E-state index >= 15 is 0 Å². The zero-order valence-corrected chi connectivity index (χ0v) is 18.0. The maximum atomic E-state index is 11.8. The third kappa shape index (κ3) is 6.18. The summed E-state index contributed by atoms with van der Waals surface area (Å²) in [4.78, 5) is 27.5. The van der Waals surface area contributed by atoms with Crippen LogP contribution < -0.4 is 10.1 Å². The first kappa shape index (κ1) is 23.6. The minimum atomic E-state index is -1.03. The van der Waals surface area contributed by atoms with E-state index < -0.39 is 23.9 Å². The van der Waals surface area contributed by atoms with E-state index in [9.17, 15) is 19.8 Å². The predicted molar refractivity (Wildman–Crippen MR) is 115 cm³/mol. The number of hydrogen-bond donors (Lipinski definition) is 3. The first-order valence-corrected chi connectivity index (χ1v) is 10.2. The molecule has 8 heteroatoms. The van der Waals surface area contributed by atoms with Gasteiger partial charge in [-0.1, -0.05) is 49.7 Å². The van der Waals surface area contributed by atoms with Gasteiger partial charge in [0.15, 0.2) is 0 Å². The third-order valence-electron chi connectivity index (χ3n) is 4.61. The lowest BCUT2D eigenvalue weighted by Crippen LogP contribution is -2.41. The fraction of sp³-hybridized carbons (Fsp3) is 0.409. The Balaban J connectivity index is 2.20. The van der Waals surface area contributed by atoms with Gasteiger partial charge in [0.25, 0.3) is 0 Å². The first-order chi connectivity index (χ1) is 14.2. The summed E-state index contributed by atoms with van der Waals surface area (Å²) < 4.78 is 5.49. The molecule has 0 aliphatic carbocycles. The van der Waals surface area contributed by atoms with Gasteiger partial charge >= 0.3 is 11.9 Å². The highest BCUT2D eigenvalue weighted by molar-refractivity contribution is 6.34. The molecule has 0 fully saturated rings. The van der Waals surface area contributed by atoms with Crippen LogP contribution in [0.15, 0.2) is 36.5 Å². The molecule has 162 valence electrons. The topological polar surface area (TPSA) is 109 Å². The average Bonchev–Trinajstić information content (AvgIpc) is 2.69. The number of carboxylic acid groups (broad SMARTS) is 2. The molecule has 2 atom stereocenters. The molecule has 1 aromatic carbocycles. The van der Waals surface area contributed by atoms with Crippen molar-refractivity contribution in [1.82, 2.24) is 10.3 Å². The van der Waals surface area contributed by atoms with Gasteiger partial charge in [-0.2, -0.15) is 0 Å². The Kier molecular flexibility index (Phi) is 8.62. The number of rotatable bonds is 11. The molecule has 0 aliphatic rings. The van der Waals surface area contributed by atoms with Crippen molar-refractivity contribution in [3.05, 3.63) is 47.1 Å². The average molecular weight is 435 g/mol. The fourth-order valence-corrected chi connectivity index (χ4v) is 3.39. The maximum absolute atomic E-state index is 11.8. The Morgan fingerprint density at radius 2 is 1.80 bits per heavy atom. The molecule has 1 aromatic heterocycles. The van der Waals surface area contributed by atoms with Gasteiger partial charge in [0.2, 0.25) is 0 Å². The van der Waals surface area contributed by atoms with Crippen molar-refractivity contribution >= 4 is 23.5 Å². The van der Waals surface area contributed by atoms with E-state index in [4.69, 9.17) is 16.3 Å². The standard InChI is InChI=1S/C22H27ClN2O5/c1-4-30-18-9-10-24-20(19(18)23)15-7-5-14(6-8-15)16(21(26)27)12-25-17(22(28)29)11-13(2)3/h5-10,13,16-17,25H,4,11-12H2,1-3H3,(H,26,27)(H,28,29). The number of carboxylic acids is 2. The molecule has 0 spiro atoms. The summed E-state index contributed by atoms with van der Waals surface area (Å²) in [7, 11) is 0. The number of nitrogens with one attached hydrogen (secondary N) is 1. The molecule has 0 saturated heterocycles. The van der Waals surface area contributed by atoms with Crippen molar-refractivity contribution < 1.29 is 24.5 Å². The summed E-state index contributed by atoms with van der Waals surface area (Å²) in [6, 6.07) is 7.77. The lowest BCUT2D eigenvalue weighted by Gasteiger charge is -2.20. The Bertz CT molecular complexity index is 870. The van der Waals surface area contributed by atoms with Crippen molar-refractivity contribution in [3.8, 4) is 17.0 Å². The molecule has 2 rings (SSSR count).